The number of rotatable bonds is 2. The van der Waals surface area contributed by atoms with E-state index in [-0.39, 0.29) is 7.43 Å². The van der Waals surface area contributed by atoms with Gasteiger partial charge in [-0.2, -0.15) is 0 Å². The molecule has 1 aliphatic rings. The second kappa shape index (κ2) is 5.56. The Morgan fingerprint density at radius 3 is 2.36 bits per heavy atom. The van der Waals surface area contributed by atoms with Crippen LogP contribution in [-0.2, 0) is 0 Å². The Bertz CT molecular complexity index is 87.6. The molecule has 1 rings (SSSR count). The molecule has 1 aliphatic heterocycles. The summed E-state index contributed by atoms with van der Waals surface area (Å²) in [5, 5.41) is 8.67. The first-order valence-corrected chi connectivity index (χ1v) is 4.12. The molecule has 0 bridgehead atoms. The average Bonchev–Trinajstić information content (AvgIpc) is 1.95. The zero-order valence-electron chi connectivity index (χ0n) is 6.71. The van der Waals surface area contributed by atoms with E-state index in [1.54, 1.807) is 0 Å². The molecule has 0 aliphatic carbocycles. The summed E-state index contributed by atoms with van der Waals surface area (Å²) in [6.45, 7) is 2.80. The van der Waals surface area contributed by atoms with Crippen LogP contribution in [0.2, 0.25) is 0 Å². The summed E-state index contributed by atoms with van der Waals surface area (Å²) < 4.78 is 0. The van der Waals surface area contributed by atoms with E-state index in [0.717, 1.165) is 12.3 Å². The summed E-state index contributed by atoms with van der Waals surface area (Å²) >= 11 is 0. The Labute approximate surface area is 70.2 Å². The number of aliphatic hydroxyl groups is 1. The molecule has 0 unspecified atom stereocenters. The third-order valence-corrected chi connectivity index (χ3v) is 2.38. The summed E-state index contributed by atoms with van der Waals surface area (Å²) in [5.74, 6) is 0.793. The van der Waals surface area contributed by atoms with Crippen LogP contribution in [0.25, 0.3) is 0 Å². The fraction of sp³-hybridized carbons (Fsp3) is 1.00. The van der Waals surface area contributed by atoms with Gasteiger partial charge in [0.1, 0.15) is 0 Å². The van der Waals surface area contributed by atoms with Crippen LogP contribution in [0.1, 0.15) is 26.7 Å². The maximum Gasteiger partial charge on any atom is 0.0433 e. The Balaban J connectivity index is 0.000001000. The normalized spacial score (nSPS) is 21.3. The van der Waals surface area contributed by atoms with E-state index < -0.39 is 0 Å². The van der Waals surface area contributed by atoms with Crippen LogP contribution in [0.3, 0.4) is 0 Å². The number of aliphatic hydroxyl groups excluding tert-OH is 1. The van der Waals surface area contributed by atoms with Gasteiger partial charge in [-0.1, -0.05) is 7.43 Å². The molecule has 0 saturated carbocycles. The van der Waals surface area contributed by atoms with Gasteiger partial charge >= 0.3 is 0 Å². The SMILES string of the molecule is C.CN1CCC(CCO)CC1. The van der Waals surface area contributed by atoms with Gasteiger partial charge in [-0.3, -0.25) is 0 Å². The summed E-state index contributed by atoms with van der Waals surface area (Å²) in [7, 11) is 2.16. The van der Waals surface area contributed by atoms with Gasteiger partial charge in [-0.05, 0) is 45.3 Å². The van der Waals surface area contributed by atoms with Crippen LogP contribution in [0, 0.1) is 5.92 Å². The third-order valence-electron chi connectivity index (χ3n) is 2.38. The highest BCUT2D eigenvalue weighted by Gasteiger charge is 2.15. The predicted octanol–water partition coefficient (Wildman–Crippen LogP) is 1.35. The lowest BCUT2D eigenvalue weighted by molar-refractivity contribution is 0.180. The summed E-state index contributed by atoms with van der Waals surface area (Å²) in [6.07, 6.45) is 3.56. The maximum absolute atomic E-state index is 8.67. The number of likely N-dealkylation sites (tertiary alicyclic amines) is 1. The van der Waals surface area contributed by atoms with Gasteiger partial charge in [0.15, 0.2) is 0 Å². The van der Waals surface area contributed by atoms with Gasteiger partial charge < -0.3 is 10.0 Å². The van der Waals surface area contributed by atoms with E-state index in [2.05, 4.69) is 11.9 Å². The largest absolute Gasteiger partial charge is 0.396 e. The summed E-state index contributed by atoms with van der Waals surface area (Å²) in [4.78, 5) is 2.36. The van der Waals surface area contributed by atoms with Crippen LogP contribution in [-0.4, -0.2) is 36.8 Å². The van der Waals surface area contributed by atoms with Gasteiger partial charge in [0, 0.05) is 6.61 Å². The summed E-state index contributed by atoms with van der Waals surface area (Å²) in [5.41, 5.74) is 0. The minimum Gasteiger partial charge on any atom is -0.396 e. The van der Waals surface area contributed by atoms with E-state index >= 15 is 0 Å². The summed E-state index contributed by atoms with van der Waals surface area (Å²) in [6, 6.07) is 0. The first-order chi connectivity index (χ1) is 4.83. The zero-order valence-corrected chi connectivity index (χ0v) is 6.71. The molecule has 1 fully saturated rings. The van der Waals surface area contributed by atoms with Crippen LogP contribution >= 0.6 is 0 Å². The Morgan fingerprint density at radius 1 is 1.36 bits per heavy atom. The molecule has 0 spiro atoms. The van der Waals surface area contributed by atoms with Crippen LogP contribution in [0.15, 0.2) is 0 Å². The highest BCUT2D eigenvalue weighted by molar-refractivity contribution is 4.69. The molecule has 2 heteroatoms. The molecule has 11 heavy (non-hydrogen) atoms. The smallest absolute Gasteiger partial charge is 0.0433 e. The van der Waals surface area contributed by atoms with Crippen molar-refractivity contribution in [2.45, 2.75) is 26.7 Å². The number of hydrogen-bond acceptors (Lipinski definition) is 2. The van der Waals surface area contributed by atoms with Crippen molar-refractivity contribution in [1.29, 1.82) is 0 Å². The van der Waals surface area contributed by atoms with Gasteiger partial charge in [0.05, 0.1) is 0 Å². The van der Waals surface area contributed by atoms with E-state index in [1.807, 2.05) is 0 Å². The topological polar surface area (TPSA) is 23.5 Å². The predicted molar refractivity (Wildman–Crippen MR) is 48.7 cm³/mol. The zero-order chi connectivity index (χ0) is 7.40. The lowest BCUT2D eigenvalue weighted by Gasteiger charge is -2.28. The fourth-order valence-corrected chi connectivity index (χ4v) is 1.53. The van der Waals surface area contributed by atoms with Crippen molar-refractivity contribution in [3.05, 3.63) is 0 Å². The molecule has 1 saturated heterocycles. The number of hydrogen-bond donors (Lipinski definition) is 1. The third kappa shape index (κ3) is 3.73. The second-order valence-corrected chi connectivity index (χ2v) is 3.26. The van der Waals surface area contributed by atoms with Gasteiger partial charge in [-0.15, -0.1) is 0 Å². The van der Waals surface area contributed by atoms with E-state index in [0.29, 0.717) is 6.61 Å². The van der Waals surface area contributed by atoms with E-state index in [4.69, 9.17) is 5.11 Å². The monoisotopic (exact) mass is 159 g/mol. The Kier molecular flexibility index (Phi) is 5.51. The Hall–Kier alpha value is -0.0800. The molecule has 0 aromatic heterocycles. The molecule has 2 nitrogen and oxygen atoms in total. The van der Waals surface area contributed by atoms with Crippen molar-refractivity contribution < 1.29 is 5.11 Å². The Morgan fingerprint density at radius 2 is 1.91 bits per heavy atom. The molecular formula is C9H21NO. The molecule has 0 atom stereocenters. The van der Waals surface area contributed by atoms with Crippen molar-refractivity contribution in [3.8, 4) is 0 Å². The van der Waals surface area contributed by atoms with Crippen LogP contribution < -0.4 is 0 Å². The first kappa shape index (κ1) is 10.9. The second-order valence-electron chi connectivity index (χ2n) is 3.26. The van der Waals surface area contributed by atoms with Crippen molar-refractivity contribution in [3.63, 3.8) is 0 Å². The lowest BCUT2D eigenvalue weighted by atomic mass is 9.94. The fourth-order valence-electron chi connectivity index (χ4n) is 1.53. The first-order valence-electron chi connectivity index (χ1n) is 4.12. The van der Waals surface area contributed by atoms with E-state index in [9.17, 15) is 0 Å². The number of nitrogens with zero attached hydrogens (tertiary/aromatic N) is 1. The van der Waals surface area contributed by atoms with Crippen LogP contribution in [0.5, 0.6) is 0 Å². The lowest BCUT2D eigenvalue weighted by Crippen LogP contribution is -2.30. The van der Waals surface area contributed by atoms with Gasteiger partial charge in [0.25, 0.3) is 0 Å². The molecule has 68 valence electrons. The van der Waals surface area contributed by atoms with Crippen LogP contribution in [0.4, 0.5) is 0 Å². The minimum atomic E-state index is 0. The highest BCUT2D eigenvalue weighted by Crippen LogP contribution is 2.18. The molecule has 1 N–H and O–H groups in total. The molecule has 0 radical (unpaired) electrons. The molecule has 1 heterocycles. The van der Waals surface area contributed by atoms with E-state index in [1.165, 1.54) is 25.9 Å². The van der Waals surface area contributed by atoms with Gasteiger partial charge in [-0.25, -0.2) is 0 Å². The molecule has 0 amide bonds. The quantitative estimate of drug-likeness (QED) is 0.657. The minimum absolute atomic E-state index is 0. The standard InChI is InChI=1S/C8H17NO.CH4/c1-9-5-2-8(3-6-9)4-7-10;/h8,10H,2-7H2,1H3;1H4. The van der Waals surface area contributed by atoms with Crippen molar-refractivity contribution in [2.24, 2.45) is 5.92 Å². The van der Waals surface area contributed by atoms with Crippen molar-refractivity contribution in [1.82, 2.24) is 4.90 Å². The van der Waals surface area contributed by atoms with Crippen molar-refractivity contribution >= 4 is 0 Å². The maximum atomic E-state index is 8.67. The molecular weight excluding hydrogens is 138 g/mol. The highest BCUT2D eigenvalue weighted by atomic mass is 16.3. The average molecular weight is 159 g/mol. The van der Waals surface area contributed by atoms with Gasteiger partial charge in [0.2, 0.25) is 0 Å². The number of piperidine rings is 1. The van der Waals surface area contributed by atoms with Crippen molar-refractivity contribution in [2.75, 3.05) is 26.7 Å². The molecule has 0 aromatic rings. The molecule has 0 aromatic carbocycles.